The van der Waals surface area contributed by atoms with Crippen LogP contribution in [0.2, 0.25) is 0 Å². The molecule has 0 atom stereocenters. The predicted molar refractivity (Wildman–Crippen MR) is 134 cm³/mol. The van der Waals surface area contributed by atoms with Crippen LogP contribution in [0.5, 0.6) is 5.75 Å². The smallest absolute Gasteiger partial charge is 0.389 e. The summed E-state index contributed by atoms with van der Waals surface area (Å²) in [5.74, 6) is 0.560. The van der Waals surface area contributed by atoms with Crippen LogP contribution >= 0.6 is 0 Å². The minimum atomic E-state index is -4.31. The molecule has 1 N–H and O–H groups in total. The Kier molecular flexibility index (Phi) is 12.5. The molecule has 0 unspecified atom stereocenters. The van der Waals surface area contributed by atoms with Crippen molar-refractivity contribution >= 4 is 17.5 Å². The van der Waals surface area contributed by atoms with Crippen LogP contribution in [0.3, 0.4) is 0 Å². The maximum atomic E-state index is 13.2. The van der Waals surface area contributed by atoms with E-state index in [1.807, 2.05) is 0 Å². The largest absolute Gasteiger partial charge is 0.434 e. The highest BCUT2D eigenvalue weighted by Crippen LogP contribution is 2.35. The lowest BCUT2D eigenvalue weighted by Crippen LogP contribution is -2.31. The lowest BCUT2D eigenvalue weighted by atomic mass is 9.83. The lowest BCUT2D eigenvalue weighted by Gasteiger charge is -2.26. The van der Waals surface area contributed by atoms with Gasteiger partial charge in [-0.15, -0.1) is 0 Å². The van der Waals surface area contributed by atoms with E-state index in [0.29, 0.717) is 36.2 Å². The molecule has 0 bridgehead atoms. The van der Waals surface area contributed by atoms with Crippen molar-refractivity contribution in [2.75, 3.05) is 6.54 Å². The lowest BCUT2D eigenvalue weighted by molar-refractivity contribution is -0.135. The third-order valence-corrected chi connectivity index (χ3v) is 6.68. The minimum absolute atomic E-state index is 0.0426. The Hall–Kier alpha value is -2.90. The molecule has 8 nitrogen and oxygen atoms in total. The van der Waals surface area contributed by atoms with Gasteiger partial charge in [0.05, 0.1) is 11.3 Å². The summed E-state index contributed by atoms with van der Waals surface area (Å²) in [4.78, 5) is 17.1. The second-order valence-corrected chi connectivity index (χ2v) is 9.70. The second-order valence-electron chi connectivity index (χ2n) is 9.56. The first-order valence-corrected chi connectivity index (χ1v) is 13.3. The molecule has 1 fully saturated rings. The fourth-order valence-corrected chi connectivity index (χ4v) is 4.65. The molecule has 2 aromatic heterocycles. The summed E-state index contributed by atoms with van der Waals surface area (Å²) in [6.07, 6.45) is 0.122. The van der Waals surface area contributed by atoms with Gasteiger partial charge in [-0.25, -0.2) is 0 Å². The number of nitrogens with zero attached hydrogens (tertiary/aromatic N) is 3. The van der Waals surface area contributed by atoms with E-state index < -0.39 is 30.8 Å². The zero-order valence-corrected chi connectivity index (χ0v) is 22.8. The van der Waals surface area contributed by atoms with Gasteiger partial charge in [0.15, 0.2) is 5.69 Å². The summed E-state index contributed by atoms with van der Waals surface area (Å²) < 4.78 is 86.6. The van der Waals surface area contributed by atoms with Crippen LogP contribution in [-0.4, -0.2) is 48.4 Å². The van der Waals surface area contributed by atoms with E-state index in [9.17, 15) is 26.7 Å². The molecule has 0 aliphatic heterocycles. The minimum Gasteiger partial charge on any atom is -0.434 e. The van der Waals surface area contributed by atoms with Crippen molar-refractivity contribution < 1.29 is 39.9 Å². The summed E-state index contributed by atoms with van der Waals surface area (Å²) in [5.41, 5.74) is 1.48. The van der Waals surface area contributed by atoms with E-state index in [4.69, 9.17) is 13.2 Å². The van der Waals surface area contributed by atoms with E-state index in [1.54, 1.807) is 13.8 Å². The van der Waals surface area contributed by atoms with Gasteiger partial charge in [0.2, 0.25) is 0 Å². The van der Waals surface area contributed by atoms with Gasteiger partial charge in [-0.3, -0.25) is 14.5 Å². The first-order valence-electron chi connectivity index (χ1n) is 12.7. The number of hydrogen-bond donors (Lipinski definition) is 1. The van der Waals surface area contributed by atoms with E-state index in [1.165, 1.54) is 16.9 Å². The highest BCUT2D eigenvalue weighted by Gasteiger charge is 2.27. The summed E-state index contributed by atoms with van der Waals surface area (Å²) in [6, 6.07) is 1.23. The Morgan fingerprint density at radius 2 is 1.87 bits per heavy atom. The van der Waals surface area contributed by atoms with Crippen LogP contribution in [0.4, 0.5) is 22.0 Å². The maximum absolute atomic E-state index is 13.2. The molecule has 0 aromatic carbocycles. The standard InChI is InChI=1S/C25H33F5N4O2.O2S/c1-4-34-22(16(3)21(33-34)23(35)32-13-17-9-7-15(2)8-10-17)19-14-31-18(6-5-11-25(28,29)30)12-20(19)36-24(26)27;1-3-2/h12,14-15,17,24H,4-11,13H2,1-3H3,(H,32,35);. The van der Waals surface area contributed by atoms with Gasteiger partial charge in [-0.2, -0.15) is 35.5 Å². The summed E-state index contributed by atoms with van der Waals surface area (Å²) >= 11 is -0.750. The van der Waals surface area contributed by atoms with Gasteiger partial charge in [0, 0.05) is 43.0 Å². The van der Waals surface area contributed by atoms with Crippen LogP contribution in [0.15, 0.2) is 12.3 Å². The molecule has 1 aliphatic rings. The topological polar surface area (TPSA) is 103 Å². The van der Waals surface area contributed by atoms with Gasteiger partial charge in [0.25, 0.3) is 5.91 Å². The molecule has 218 valence electrons. The SMILES string of the molecule is CCn1nc(C(=O)NCC2CCC(C)CC2)c(C)c1-c1cnc(CCCC(F)(F)F)cc1OC(F)F.O=S=O. The van der Waals surface area contributed by atoms with Crippen molar-refractivity contribution in [2.45, 2.75) is 85.0 Å². The Balaban J connectivity index is 0.00000170. The number of amides is 1. The van der Waals surface area contributed by atoms with Crippen molar-refractivity contribution in [3.63, 3.8) is 0 Å². The van der Waals surface area contributed by atoms with Crippen LogP contribution in [0.25, 0.3) is 11.3 Å². The molecule has 2 heterocycles. The number of alkyl halides is 5. The zero-order valence-electron chi connectivity index (χ0n) is 22.0. The first-order chi connectivity index (χ1) is 18.4. The van der Waals surface area contributed by atoms with Crippen LogP contribution < -0.4 is 10.1 Å². The highest BCUT2D eigenvalue weighted by atomic mass is 32.1. The number of rotatable bonds is 10. The monoisotopic (exact) mass is 580 g/mol. The number of hydrogen-bond acceptors (Lipinski definition) is 6. The third kappa shape index (κ3) is 9.97. The van der Waals surface area contributed by atoms with Crippen molar-refractivity contribution in [1.82, 2.24) is 20.1 Å². The number of nitrogens with one attached hydrogen (secondary N) is 1. The Labute approximate surface area is 227 Å². The van der Waals surface area contributed by atoms with Gasteiger partial charge in [0.1, 0.15) is 5.75 Å². The maximum Gasteiger partial charge on any atom is 0.389 e. The zero-order chi connectivity index (χ0) is 29.2. The molecule has 1 saturated carbocycles. The molecule has 0 spiro atoms. The van der Waals surface area contributed by atoms with E-state index >= 15 is 0 Å². The molecule has 2 aromatic rings. The molecule has 39 heavy (non-hydrogen) atoms. The third-order valence-electron chi connectivity index (χ3n) is 6.68. The Morgan fingerprint density at radius 3 is 2.44 bits per heavy atom. The first kappa shape index (κ1) is 32.3. The van der Waals surface area contributed by atoms with Crippen LogP contribution in [0.1, 0.15) is 74.1 Å². The van der Waals surface area contributed by atoms with Gasteiger partial charge in [-0.1, -0.05) is 19.8 Å². The molecular formula is C25H33F5N4O4S. The quantitative estimate of drug-likeness (QED) is 0.365. The van der Waals surface area contributed by atoms with Gasteiger partial charge >= 0.3 is 24.4 Å². The fraction of sp³-hybridized carbons (Fsp3) is 0.640. The van der Waals surface area contributed by atoms with Crippen LogP contribution in [0, 0.1) is 18.8 Å². The number of pyridine rings is 1. The van der Waals surface area contributed by atoms with Crippen molar-refractivity contribution in [3.05, 3.63) is 29.2 Å². The average molecular weight is 581 g/mol. The number of halogens is 5. The number of aryl methyl sites for hydroxylation is 2. The number of ether oxygens (including phenoxy) is 1. The van der Waals surface area contributed by atoms with Crippen molar-refractivity contribution in [1.29, 1.82) is 0 Å². The molecule has 1 amide bonds. The van der Waals surface area contributed by atoms with E-state index in [0.717, 1.165) is 25.7 Å². The van der Waals surface area contributed by atoms with Gasteiger partial charge in [-0.05, 0) is 51.4 Å². The molecule has 0 radical (unpaired) electrons. The molecule has 3 rings (SSSR count). The van der Waals surface area contributed by atoms with E-state index in [2.05, 4.69) is 22.3 Å². The highest BCUT2D eigenvalue weighted by molar-refractivity contribution is 7.51. The normalized spacial score (nSPS) is 17.4. The Bertz CT molecular complexity index is 1130. The average Bonchev–Trinajstić information content (AvgIpc) is 3.19. The molecular weight excluding hydrogens is 547 g/mol. The summed E-state index contributed by atoms with van der Waals surface area (Å²) in [6.45, 7) is 3.46. The fourth-order valence-electron chi connectivity index (χ4n) is 4.65. The molecule has 0 saturated heterocycles. The summed E-state index contributed by atoms with van der Waals surface area (Å²) in [5, 5.41) is 7.37. The second kappa shape index (κ2) is 15.0. The van der Waals surface area contributed by atoms with Gasteiger partial charge < -0.3 is 10.1 Å². The predicted octanol–water partition coefficient (Wildman–Crippen LogP) is 5.65. The Morgan fingerprint density at radius 1 is 1.23 bits per heavy atom. The number of carbonyl (C=O) groups is 1. The van der Waals surface area contributed by atoms with Crippen molar-refractivity contribution in [2.24, 2.45) is 11.8 Å². The summed E-state index contributed by atoms with van der Waals surface area (Å²) in [7, 11) is 0. The molecule has 14 heteroatoms. The number of aromatic nitrogens is 3. The van der Waals surface area contributed by atoms with Crippen LogP contribution in [-0.2, 0) is 24.5 Å². The van der Waals surface area contributed by atoms with E-state index in [-0.39, 0.29) is 41.4 Å². The number of carbonyl (C=O) groups excluding carboxylic acids is 1. The molecule has 1 aliphatic carbocycles. The van der Waals surface area contributed by atoms with Crippen molar-refractivity contribution in [3.8, 4) is 17.0 Å².